The molecule has 1 aliphatic rings. The summed E-state index contributed by atoms with van der Waals surface area (Å²) in [5.74, 6) is -0.270. The van der Waals surface area contributed by atoms with Gasteiger partial charge in [-0.3, -0.25) is 4.79 Å². The van der Waals surface area contributed by atoms with E-state index in [2.05, 4.69) is 32.3 Å². The lowest BCUT2D eigenvalue weighted by Gasteiger charge is -2.31. The number of benzene rings is 1. The van der Waals surface area contributed by atoms with Crippen LogP contribution in [0.4, 0.5) is 10.1 Å². The summed E-state index contributed by atoms with van der Waals surface area (Å²) in [7, 11) is 0. The van der Waals surface area contributed by atoms with E-state index in [0.717, 1.165) is 30.5 Å². The Morgan fingerprint density at radius 2 is 1.80 bits per heavy atom. The highest BCUT2D eigenvalue weighted by Gasteiger charge is 2.28. The third-order valence-electron chi connectivity index (χ3n) is 6.10. The van der Waals surface area contributed by atoms with Crippen LogP contribution in [-0.4, -0.2) is 23.7 Å². The molecule has 6 heteroatoms. The molecule has 1 aliphatic heterocycles. The molecule has 1 aromatic heterocycles. The van der Waals surface area contributed by atoms with Gasteiger partial charge < -0.3 is 15.2 Å². The van der Waals surface area contributed by atoms with Gasteiger partial charge in [0.1, 0.15) is 5.82 Å². The van der Waals surface area contributed by atoms with Gasteiger partial charge in [-0.25, -0.2) is 4.39 Å². The Morgan fingerprint density at radius 1 is 1.13 bits per heavy atom. The third-order valence-corrected chi connectivity index (χ3v) is 6.46. The average Bonchev–Trinajstić information content (AvgIpc) is 2.85. The number of rotatable bonds is 4. The molecule has 2 aromatic rings. The van der Waals surface area contributed by atoms with Crippen LogP contribution in [0.3, 0.4) is 0 Å². The van der Waals surface area contributed by atoms with Crippen LogP contribution in [0.1, 0.15) is 89.9 Å². The second kappa shape index (κ2) is 8.88. The molecule has 3 rings (SSSR count). The fourth-order valence-corrected chi connectivity index (χ4v) is 5.27. The Bertz CT molecular complexity index is 997. The molecule has 2 heterocycles. The molecule has 1 aromatic carbocycles. The summed E-state index contributed by atoms with van der Waals surface area (Å²) in [6.07, 6.45) is 2.90. The van der Waals surface area contributed by atoms with Gasteiger partial charge in [0.15, 0.2) is 5.43 Å². The Morgan fingerprint density at radius 3 is 2.37 bits per heavy atom. The van der Waals surface area contributed by atoms with Crippen molar-refractivity contribution in [2.24, 2.45) is 5.73 Å². The number of anilines is 1. The van der Waals surface area contributed by atoms with Gasteiger partial charge in [0.05, 0.1) is 21.6 Å². The molecule has 2 N–H and O–H groups in total. The zero-order valence-corrected chi connectivity index (χ0v) is 19.8. The lowest BCUT2D eigenvalue weighted by Crippen LogP contribution is -2.36. The molecule has 0 spiro atoms. The summed E-state index contributed by atoms with van der Waals surface area (Å²) >= 11 is 6.93. The predicted octanol–water partition coefficient (Wildman–Crippen LogP) is 5.94. The fraction of sp³-hybridized carbons (Fsp3) is 0.625. The number of halogens is 2. The zero-order valence-electron chi connectivity index (χ0n) is 19.1. The SMILES string of the molecule is CC(C)c1c(C(C)C)n(C(C)C)c2c(Cl)c(N3CCCC[C@@H](N)C3)c(F)cc2c1=O. The van der Waals surface area contributed by atoms with Crippen LogP contribution in [0.25, 0.3) is 10.9 Å². The first kappa shape index (κ1) is 23.1. The Labute approximate surface area is 184 Å². The summed E-state index contributed by atoms with van der Waals surface area (Å²) < 4.78 is 17.6. The predicted molar refractivity (Wildman–Crippen MR) is 126 cm³/mol. The van der Waals surface area contributed by atoms with Crippen LogP contribution >= 0.6 is 11.6 Å². The van der Waals surface area contributed by atoms with Crippen molar-refractivity contribution >= 4 is 28.2 Å². The van der Waals surface area contributed by atoms with Crippen molar-refractivity contribution in [3.8, 4) is 0 Å². The first-order valence-corrected chi connectivity index (χ1v) is 11.5. The number of nitrogens with zero attached hydrogens (tertiary/aromatic N) is 2. The van der Waals surface area contributed by atoms with Gasteiger partial charge in [-0.1, -0.05) is 45.7 Å². The number of nitrogens with two attached hydrogens (primary N) is 1. The van der Waals surface area contributed by atoms with Crippen LogP contribution in [0.15, 0.2) is 10.9 Å². The highest BCUT2D eigenvalue weighted by atomic mass is 35.5. The maximum absolute atomic E-state index is 15.4. The molecule has 0 saturated carbocycles. The van der Waals surface area contributed by atoms with Crippen LogP contribution < -0.4 is 16.1 Å². The summed E-state index contributed by atoms with van der Waals surface area (Å²) in [5.41, 5.74) is 8.88. The second-order valence-electron chi connectivity index (χ2n) is 9.52. The number of aromatic nitrogens is 1. The van der Waals surface area contributed by atoms with Crippen molar-refractivity contribution in [3.05, 3.63) is 38.4 Å². The standard InChI is InChI=1S/C24H35ClFN3O/c1-13(2)19-21(14(3)4)29(15(5)6)22-17(24(19)30)11-18(26)23(20(22)25)28-10-8-7-9-16(27)12-28/h11,13-16H,7-10,12,27H2,1-6H3/t16-/m1/s1. The number of pyridine rings is 1. The summed E-state index contributed by atoms with van der Waals surface area (Å²) in [6, 6.07) is 1.45. The van der Waals surface area contributed by atoms with Crippen molar-refractivity contribution in [2.45, 2.75) is 84.7 Å². The molecular formula is C24H35ClFN3O. The summed E-state index contributed by atoms with van der Waals surface area (Å²) in [5, 5.41) is 0.685. The van der Waals surface area contributed by atoms with E-state index >= 15 is 4.39 Å². The van der Waals surface area contributed by atoms with Crippen molar-refractivity contribution in [1.82, 2.24) is 4.57 Å². The van der Waals surface area contributed by atoms with Gasteiger partial charge in [-0.15, -0.1) is 0 Å². The van der Waals surface area contributed by atoms with Gasteiger partial charge in [0.25, 0.3) is 0 Å². The minimum atomic E-state index is -0.444. The van der Waals surface area contributed by atoms with E-state index in [1.165, 1.54) is 6.07 Å². The van der Waals surface area contributed by atoms with E-state index in [9.17, 15) is 4.79 Å². The summed E-state index contributed by atoms with van der Waals surface area (Å²) in [6.45, 7) is 13.7. The maximum Gasteiger partial charge on any atom is 0.193 e. The number of fused-ring (bicyclic) bond motifs is 1. The van der Waals surface area contributed by atoms with Gasteiger partial charge in [0.2, 0.25) is 0 Å². The molecule has 0 bridgehead atoms. The first-order valence-electron chi connectivity index (χ1n) is 11.2. The van der Waals surface area contributed by atoms with Crippen molar-refractivity contribution < 1.29 is 4.39 Å². The van der Waals surface area contributed by atoms with Gasteiger partial charge in [-0.05, 0) is 44.6 Å². The average molecular weight is 436 g/mol. The van der Waals surface area contributed by atoms with Crippen molar-refractivity contribution in [1.29, 1.82) is 0 Å². The smallest absolute Gasteiger partial charge is 0.193 e. The number of hydrogen-bond donors (Lipinski definition) is 1. The molecule has 1 saturated heterocycles. The van der Waals surface area contributed by atoms with E-state index in [0.29, 0.717) is 34.7 Å². The van der Waals surface area contributed by atoms with E-state index < -0.39 is 5.82 Å². The molecule has 0 radical (unpaired) electrons. The van der Waals surface area contributed by atoms with Crippen LogP contribution in [0, 0.1) is 5.82 Å². The van der Waals surface area contributed by atoms with Crippen LogP contribution in [0.5, 0.6) is 0 Å². The Kier molecular flexibility index (Phi) is 6.83. The van der Waals surface area contributed by atoms with E-state index in [1.807, 2.05) is 18.7 Å². The van der Waals surface area contributed by atoms with Crippen LogP contribution in [-0.2, 0) is 0 Å². The summed E-state index contributed by atoms with van der Waals surface area (Å²) in [4.78, 5) is 15.5. The quantitative estimate of drug-likeness (QED) is 0.646. The lowest BCUT2D eigenvalue weighted by atomic mass is 9.91. The largest absolute Gasteiger partial charge is 0.366 e. The molecule has 0 amide bonds. The Hall–Kier alpha value is -1.59. The molecule has 0 unspecified atom stereocenters. The van der Waals surface area contributed by atoms with E-state index in [-0.39, 0.29) is 29.3 Å². The topological polar surface area (TPSA) is 51.3 Å². The first-order chi connectivity index (χ1) is 14.1. The highest BCUT2D eigenvalue weighted by Crippen LogP contribution is 2.40. The molecule has 1 atom stereocenters. The molecule has 4 nitrogen and oxygen atoms in total. The lowest BCUT2D eigenvalue weighted by molar-refractivity contribution is 0.557. The van der Waals surface area contributed by atoms with Gasteiger partial charge in [-0.2, -0.15) is 0 Å². The van der Waals surface area contributed by atoms with Gasteiger partial charge in [0, 0.05) is 36.4 Å². The van der Waals surface area contributed by atoms with Crippen molar-refractivity contribution in [3.63, 3.8) is 0 Å². The minimum absolute atomic E-state index is 0.0134. The normalized spacial score (nSPS) is 18.1. The molecule has 166 valence electrons. The highest BCUT2D eigenvalue weighted by molar-refractivity contribution is 6.38. The minimum Gasteiger partial charge on any atom is -0.366 e. The third kappa shape index (κ3) is 3.99. The Balaban J connectivity index is 2.44. The van der Waals surface area contributed by atoms with Gasteiger partial charge >= 0.3 is 0 Å². The molecular weight excluding hydrogens is 401 g/mol. The fourth-order valence-electron chi connectivity index (χ4n) is 4.87. The second-order valence-corrected chi connectivity index (χ2v) is 9.90. The van der Waals surface area contributed by atoms with Crippen LogP contribution in [0.2, 0.25) is 5.02 Å². The molecule has 0 aliphatic carbocycles. The molecule has 1 fully saturated rings. The molecule has 30 heavy (non-hydrogen) atoms. The monoisotopic (exact) mass is 435 g/mol. The van der Waals surface area contributed by atoms with E-state index in [4.69, 9.17) is 17.3 Å². The van der Waals surface area contributed by atoms with Crippen molar-refractivity contribution in [2.75, 3.05) is 18.0 Å². The number of hydrogen-bond acceptors (Lipinski definition) is 3. The maximum atomic E-state index is 15.4. The zero-order chi connectivity index (χ0) is 22.3. The van der Waals surface area contributed by atoms with E-state index in [1.54, 1.807) is 0 Å².